The number of hydrogen-bond acceptors (Lipinski definition) is 3. The maximum absolute atomic E-state index is 11.9. The minimum absolute atomic E-state index is 0.116. The predicted octanol–water partition coefficient (Wildman–Crippen LogP) is -0.524. The van der Waals surface area contributed by atoms with E-state index in [2.05, 4.69) is 5.32 Å². The van der Waals surface area contributed by atoms with Crippen LogP contribution in [0.5, 0.6) is 0 Å². The Kier molecular flexibility index (Phi) is 3.40. The average Bonchev–Trinajstić information content (AvgIpc) is 2.91. The first kappa shape index (κ1) is 12.7. The van der Waals surface area contributed by atoms with Crippen LogP contribution in [-0.4, -0.2) is 65.0 Å². The van der Waals surface area contributed by atoms with Gasteiger partial charge in [0.15, 0.2) is 0 Å². The number of carboxylic acid groups (broad SMARTS) is 1. The number of amides is 3. The fraction of sp³-hybridized carbons (Fsp3) is 0.727. The minimum Gasteiger partial charge on any atom is -0.480 e. The number of urea groups is 1. The lowest BCUT2D eigenvalue weighted by Crippen LogP contribution is -2.50. The second-order valence-electron chi connectivity index (χ2n) is 4.74. The molecule has 3 amide bonds. The molecule has 2 atom stereocenters. The molecule has 2 saturated heterocycles. The number of carboxylic acids is 1. The zero-order valence-corrected chi connectivity index (χ0v) is 10.3. The summed E-state index contributed by atoms with van der Waals surface area (Å²) in [5, 5.41) is 11.6. The molecule has 2 N–H and O–H groups in total. The molecule has 18 heavy (non-hydrogen) atoms. The topological polar surface area (TPSA) is 90.0 Å². The highest BCUT2D eigenvalue weighted by Gasteiger charge is 2.37. The van der Waals surface area contributed by atoms with Gasteiger partial charge in [0, 0.05) is 20.1 Å². The van der Waals surface area contributed by atoms with E-state index in [4.69, 9.17) is 5.11 Å². The van der Waals surface area contributed by atoms with Crippen LogP contribution in [0.25, 0.3) is 0 Å². The molecule has 2 fully saturated rings. The van der Waals surface area contributed by atoms with Gasteiger partial charge in [-0.3, -0.25) is 4.79 Å². The van der Waals surface area contributed by atoms with Crippen LogP contribution < -0.4 is 5.32 Å². The largest absolute Gasteiger partial charge is 0.480 e. The van der Waals surface area contributed by atoms with Crippen molar-refractivity contribution in [3.8, 4) is 0 Å². The Bertz CT molecular complexity index is 384. The second kappa shape index (κ2) is 4.83. The van der Waals surface area contributed by atoms with Gasteiger partial charge in [0.05, 0.1) is 0 Å². The molecule has 100 valence electrons. The molecule has 2 rings (SSSR count). The lowest BCUT2D eigenvalue weighted by molar-refractivity contribution is -0.141. The molecule has 2 aliphatic heterocycles. The normalized spacial score (nSPS) is 27.7. The second-order valence-corrected chi connectivity index (χ2v) is 4.74. The van der Waals surface area contributed by atoms with Crippen molar-refractivity contribution in [2.75, 3.05) is 20.1 Å². The van der Waals surface area contributed by atoms with Gasteiger partial charge in [-0.1, -0.05) is 0 Å². The number of likely N-dealkylation sites (tertiary alicyclic amines) is 2. The molecular formula is C11H17N3O4. The third-order valence-corrected chi connectivity index (χ3v) is 3.52. The third kappa shape index (κ3) is 2.25. The molecule has 7 nitrogen and oxygen atoms in total. The van der Waals surface area contributed by atoms with Gasteiger partial charge in [-0.15, -0.1) is 0 Å². The van der Waals surface area contributed by atoms with Crippen molar-refractivity contribution in [2.45, 2.75) is 31.3 Å². The number of hydrogen-bond donors (Lipinski definition) is 2. The summed E-state index contributed by atoms with van der Waals surface area (Å²) in [6.07, 6.45) is 1.73. The SMILES string of the molecule is CN1CCC(NC(=O)N2CCC[C@@H]2C(=O)O)C1=O. The van der Waals surface area contributed by atoms with Crippen LogP contribution in [0.15, 0.2) is 0 Å². The maximum Gasteiger partial charge on any atom is 0.326 e. The summed E-state index contributed by atoms with van der Waals surface area (Å²) in [5.74, 6) is -1.10. The van der Waals surface area contributed by atoms with Crippen molar-refractivity contribution in [2.24, 2.45) is 0 Å². The number of carbonyl (C=O) groups is 3. The van der Waals surface area contributed by atoms with Crippen LogP contribution in [0.4, 0.5) is 4.79 Å². The van der Waals surface area contributed by atoms with Crippen LogP contribution in [0.1, 0.15) is 19.3 Å². The van der Waals surface area contributed by atoms with Crippen molar-refractivity contribution >= 4 is 17.9 Å². The minimum atomic E-state index is -0.988. The number of aliphatic carboxylic acids is 1. The van der Waals surface area contributed by atoms with E-state index in [0.29, 0.717) is 32.4 Å². The predicted molar refractivity (Wildman–Crippen MR) is 61.9 cm³/mol. The summed E-state index contributed by atoms with van der Waals surface area (Å²) in [6, 6.07) is -1.73. The fourth-order valence-corrected chi connectivity index (χ4v) is 2.45. The lowest BCUT2D eigenvalue weighted by Gasteiger charge is -2.23. The molecule has 1 unspecified atom stereocenters. The van der Waals surface area contributed by atoms with Crippen LogP contribution in [0.2, 0.25) is 0 Å². The smallest absolute Gasteiger partial charge is 0.326 e. The summed E-state index contributed by atoms with van der Waals surface area (Å²) in [7, 11) is 1.68. The van der Waals surface area contributed by atoms with Gasteiger partial charge in [-0.05, 0) is 19.3 Å². The molecule has 0 saturated carbocycles. The summed E-state index contributed by atoms with van der Waals surface area (Å²) in [4.78, 5) is 37.4. The van der Waals surface area contributed by atoms with E-state index >= 15 is 0 Å². The first-order valence-corrected chi connectivity index (χ1v) is 6.05. The molecule has 2 heterocycles. The van der Waals surface area contributed by atoms with E-state index in [9.17, 15) is 14.4 Å². The van der Waals surface area contributed by atoms with Crippen molar-refractivity contribution in [3.05, 3.63) is 0 Å². The highest BCUT2D eigenvalue weighted by atomic mass is 16.4. The quantitative estimate of drug-likeness (QED) is 0.694. The highest BCUT2D eigenvalue weighted by molar-refractivity contribution is 5.90. The molecule has 0 aromatic heterocycles. The molecule has 2 aliphatic rings. The van der Waals surface area contributed by atoms with E-state index in [1.807, 2.05) is 0 Å². The molecule has 0 aromatic carbocycles. The number of rotatable bonds is 2. The Balaban J connectivity index is 1.96. The van der Waals surface area contributed by atoms with Gasteiger partial charge in [0.2, 0.25) is 5.91 Å². The van der Waals surface area contributed by atoms with Gasteiger partial charge in [0.1, 0.15) is 12.1 Å². The molecule has 0 aliphatic carbocycles. The van der Waals surface area contributed by atoms with Crippen LogP contribution in [0.3, 0.4) is 0 Å². The summed E-state index contributed by atoms with van der Waals surface area (Å²) >= 11 is 0. The summed E-state index contributed by atoms with van der Waals surface area (Å²) in [6.45, 7) is 1.05. The Morgan fingerprint density at radius 3 is 2.61 bits per heavy atom. The van der Waals surface area contributed by atoms with E-state index in [0.717, 1.165) is 0 Å². The summed E-state index contributed by atoms with van der Waals surface area (Å²) in [5.41, 5.74) is 0. The Hall–Kier alpha value is -1.79. The van der Waals surface area contributed by atoms with Gasteiger partial charge < -0.3 is 20.2 Å². The summed E-state index contributed by atoms with van der Waals surface area (Å²) < 4.78 is 0. The molecule has 0 aromatic rings. The maximum atomic E-state index is 11.9. The lowest BCUT2D eigenvalue weighted by atomic mass is 10.2. The Labute approximate surface area is 105 Å². The molecule has 0 bridgehead atoms. The average molecular weight is 255 g/mol. The molecular weight excluding hydrogens is 238 g/mol. The Morgan fingerprint density at radius 1 is 1.33 bits per heavy atom. The molecule has 7 heteroatoms. The van der Waals surface area contributed by atoms with Gasteiger partial charge in [-0.2, -0.15) is 0 Å². The van der Waals surface area contributed by atoms with Gasteiger partial charge in [0.25, 0.3) is 0 Å². The van der Waals surface area contributed by atoms with Crippen LogP contribution in [0, 0.1) is 0 Å². The number of nitrogens with zero attached hydrogens (tertiary/aromatic N) is 2. The van der Waals surface area contributed by atoms with E-state index < -0.39 is 24.1 Å². The van der Waals surface area contributed by atoms with Crippen molar-refractivity contribution < 1.29 is 19.5 Å². The monoisotopic (exact) mass is 255 g/mol. The van der Waals surface area contributed by atoms with Gasteiger partial charge >= 0.3 is 12.0 Å². The first-order chi connectivity index (χ1) is 8.50. The molecule has 0 radical (unpaired) electrons. The van der Waals surface area contributed by atoms with Crippen LogP contribution >= 0.6 is 0 Å². The van der Waals surface area contributed by atoms with E-state index in [-0.39, 0.29) is 5.91 Å². The van der Waals surface area contributed by atoms with Gasteiger partial charge in [-0.25, -0.2) is 9.59 Å². The van der Waals surface area contributed by atoms with Crippen molar-refractivity contribution in [1.29, 1.82) is 0 Å². The number of likely N-dealkylation sites (N-methyl/N-ethyl adjacent to an activating group) is 1. The first-order valence-electron chi connectivity index (χ1n) is 6.05. The zero-order valence-electron chi connectivity index (χ0n) is 10.3. The Morgan fingerprint density at radius 2 is 2.06 bits per heavy atom. The van der Waals surface area contributed by atoms with Crippen LogP contribution in [-0.2, 0) is 9.59 Å². The zero-order chi connectivity index (χ0) is 13.3. The van der Waals surface area contributed by atoms with Crippen molar-refractivity contribution in [1.82, 2.24) is 15.1 Å². The third-order valence-electron chi connectivity index (χ3n) is 3.52. The highest BCUT2D eigenvalue weighted by Crippen LogP contribution is 2.18. The fourth-order valence-electron chi connectivity index (χ4n) is 2.45. The number of carbonyl (C=O) groups excluding carboxylic acids is 2. The standard InChI is InChI=1S/C11H17N3O4/c1-13-6-4-7(9(13)15)12-11(18)14-5-2-3-8(14)10(16)17/h7-8H,2-6H2,1H3,(H,12,18)(H,16,17)/t7?,8-/m1/s1. The molecule has 0 spiro atoms. The van der Waals surface area contributed by atoms with E-state index in [1.54, 1.807) is 11.9 Å². The van der Waals surface area contributed by atoms with Crippen molar-refractivity contribution in [3.63, 3.8) is 0 Å². The number of nitrogens with one attached hydrogen (secondary N) is 1. The van der Waals surface area contributed by atoms with E-state index in [1.165, 1.54) is 4.90 Å².